The van der Waals surface area contributed by atoms with Crippen molar-refractivity contribution >= 4 is 12.2 Å². The van der Waals surface area contributed by atoms with Gasteiger partial charge in [0.25, 0.3) is 0 Å². The average molecular weight is 236 g/mol. The number of hydrogen-bond acceptors (Lipinski definition) is 3. The van der Waals surface area contributed by atoms with Gasteiger partial charge < -0.3 is 4.98 Å². The van der Waals surface area contributed by atoms with E-state index in [4.69, 9.17) is 12.2 Å². The molecule has 0 saturated carbocycles. The summed E-state index contributed by atoms with van der Waals surface area (Å²) >= 11 is 5.12. The summed E-state index contributed by atoms with van der Waals surface area (Å²) < 4.78 is 2.45. The molecule has 2 aromatic rings. The smallest absolute Gasteiger partial charge is 0.248 e. The highest BCUT2D eigenvalue weighted by Crippen LogP contribution is 2.12. The second-order valence-electron chi connectivity index (χ2n) is 3.43. The lowest BCUT2D eigenvalue weighted by Crippen LogP contribution is -2.07. The third-order valence-electron chi connectivity index (χ3n) is 2.21. The highest BCUT2D eigenvalue weighted by molar-refractivity contribution is 7.71. The van der Waals surface area contributed by atoms with Crippen LogP contribution in [0.1, 0.15) is 13.3 Å². The first-order valence-electron chi connectivity index (χ1n) is 5.07. The number of hydrogen-bond donors (Lipinski definition) is 2. The monoisotopic (exact) mass is 236 g/mol. The number of aromatic nitrogens is 4. The summed E-state index contributed by atoms with van der Waals surface area (Å²) in [5.41, 5.74) is 0.530. The summed E-state index contributed by atoms with van der Waals surface area (Å²) in [5.74, 6) is 0.671. The van der Waals surface area contributed by atoms with Gasteiger partial charge in [-0.3, -0.25) is 14.5 Å². The lowest BCUT2D eigenvalue weighted by atomic mass is 10.3. The van der Waals surface area contributed by atoms with Gasteiger partial charge in [0, 0.05) is 12.6 Å². The molecule has 0 fully saturated rings. The first-order valence-corrected chi connectivity index (χ1v) is 5.48. The molecule has 0 unspecified atom stereocenters. The third kappa shape index (κ3) is 1.96. The number of H-pyrrole nitrogens is 2. The number of aromatic amines is 2. The molecule has 0 radical (unpaired) electrons. The zero-order valence-corrected chi connectivity index (χ0v) is 9.67. The maximum atomic E-state index is 11.2. The van der Waals surface area contributed by atoms with Gasteiger partial charge in [-0.05, 0) is 24.7 Å². The van der Waals surface area contributed by atoms with Crippen LogP contribution in [0.5, 0.6) is 0 Å². The zero-order valence-electron chi connectivity index (χ0n) is 8.86. The molecule has 0 atom stereocenters. The molecule has 6 heteroatoms. The van der Waals surface area contributed by atoms with Crippen molar-refractivity contribution in [3.05, 3.63) is 33.3 Å². The van der Waals surface area contributed by atoms with E-state index < -0.39 is 0 Å². The molecule has 0 bridgehead atoms. The Kier molecular flexibility index (Phi) is 3.00. The van der Waals surface area contributed by atoms with Gasteiger partial charge in [0.2, 0.25) is 5.56 Å². The summed E-state index contributed by atoms with van der Waals surface area (Å²) in [6.45, 7) is 2.84. The molecule has 0 saturated heterocycles. The van der Waals surface area contributed by atoms with E-state index in [1.54, 1.807) is 12.1 Å². The van der Waals surface area contributed by atoms with Gasteiger partial charge >= 0.3 is 0 Å². The maximum absolute atomic E-state index is 11.2. The molecule has 84 valence electrons. The number of nitrogens with zero attached hydrogens (tertiary/aromatic N) is 2. The van der Waals surface area contributed by atoms with Gasteiger partial charge in [-0.15, -0.1) is 0 Å². The third-order valence-corrected chi connectivity index (χ3v) is 2.53. The Morgan fingerprint density at radius 1 is 1.50 bits per heavy atom. The molecule has 0 amide bonds. The molecule has 5 nitrogen and oxygen atoms in total. The number of nitrogens with one attached hydrogen (secondary N) is 2. The minimum Gasteiger partial charge on any atom is -0.319 e. The molecule has 2 rings (SSSR count). The van der Waals surface area contributed by atoms with Crippen LogP contribution >= 0.6 is 12.2 Å². The van der Waals surface area contributed by atoms with E-state index in [1.807, 2.05) is 4.57 Å². The van der Waals surface area contributed by atoms with E-state index in [0.29, 0.717) is 16.3 Å². The largest absolute Gasteiger partial charge is 0.319 e. The molecule has 0 aliphatic carbocycles. The second-order valence-corrected chi connectivity index (χ2v) is 3.82. The van der Waals surface area contributed by atoms with E-state index >= 15 is 0 Å². The first-order chi connectivity index (χ1) is 7.72. The molecule has 2 N–H and O–H groups in total. The molecule has 0 aromatic carbocycles. The van der Waals surface area contributed by atoms with Crippen LogP contribution in [0.15, 0.2) is 23.0 Å². The summed E-state index contributed by atoms with van der Waals surface area (Å²) in [5, 5.41) is 6.86. The number of rotatable bonds is 3. The molecule has 0 aliphatic heterocycles. The van der Waals surface area contributed by atoms with Gasteiger partial charge in [0.05, 0.1) is 5.69 Å². The topological polar surface area (TPSA) is 66.5 Å². The van der Waals surface area contributed by atoms with Crippen molar-refractivity contribution in [2.75, 3.05) is 0 Å². The molecule has 0 spiro atoms. The van der Waals surface area contributed by atoms with Gasteiger partial charge in [0.1, 0.15) is 0 Å². The standard InChI is InChI=1S/C10H12N4OS/c1-2-6-14-9(12-13-10(14)16)7-4-3-5-8(15)11-7/h3-5H,2,6H2,1H3,(H,11,15)(H,13,16). The molecule has 2 heterocycles. The summed E-state index contributed by atoms with van der Waals surface area (Å²) in [6, 6.07) is 4.97. The van der Waals surface area contributed by atoms with Gasteiger partial charge in [-0.1, -0.05) is 13.0 Å². The molecular formula is C10H12N4OS. The number of pyridine rings is 1. The molecule has 16 heavy (non-hydrogen) atoms. The van der Waals surface area contributed by atoms with Crippen LogP contribution < -0.4 is 5.56 Å². The van der Waals surface area contributed by atoms with Gasteiger partial charge in [-0.2, -0.15) is 5.10 Å². The Hall–Kier alpha value is -1.69. The van der Waals surface area contributed by atoms with Crippen LogP contribution in [-0.2, 0) is 6.54 Å². The lowest BCUT2D eigenvalue weighted by Gasteiger charge is -2.04. The Morgan fingerprint density at radius 3 is 3.00 bits per heavy atom. The van der Waals surface area contributed by atoms with Crippen molar-refractivity contribution in [2.45, 2.75) is 19.9 Å². The van der Waals surface area contributed by atoms with Crippen LogP contribution in [0.25, 0.3) is 11.5 Å². The normalized spacial score (nSPS) is 10.6. The SMILES string of the molecule is CCCn1c(-c2cccc(=O)[nH]2)n[nH]c1=S. The molecule has 2 aromatic heterocycles. The van der Waals surface area contributed by atoms with Crippen molar-refractivity contribution in [2.24, 2.45) is 0 Å². The van der Waals surface area contributed by atoms with Crippen molar-refractivity contribution < 1.29 is 0 Å². The van der Waals surface area contributed by atoms with Crippen LogP contribution in [0.2, 0.25) is 0 Å². The van der Waals surface area contributed by atoms with Crippen molar-refractivity contribution in [1.29, 1.82) is 0 Å². The van der Waals surface area contributed by atoms with E-state index in [2.05, 4.69) is 22.1 Å². The van der Waals surface area contributed by atoms with Gasteiger partial charge in [0.15, 0.2) is 10.6 Å². The zero-order chi connectivity index (χ0) is 11.5. The van der Waals surface area contributed by atoms with E-state index in [0.717, 1.165) is 13.0 Å². The fraction of sp³-hybridized carbons (Fsp3) is 0.300. The lowest BCUT2D eigenvalue weighted by molar-refractivity contribution is 0.673. The first kappa shape index (κ1) is 10.8. The second kappa shape index (κ2) is 4.44. The summed E-state index contributed by atoms with van der Waals surface area (Å²) in [7, 11) is 0. The predicted octanol–water partition coefficient (Wildman–Crippen LogP) is 1.71. The van der Waals surface area contributed by atoms with Crippen LogP contribution in [-0.4, -0.2) is 19.7 Å². The Balaban J connectivity index is 2.56. The molecule has 0 aliphatic rings. The minimum absolute atomic E-state index is 0.144. The molecular weight excluding hydrogens is 224 g/mol. The fourth-order valence-electron chi connectivity index (χ4n) is 1.53. The highest BCUT2D eigenvalue weighted by Gasteiger charge is 2.08. The Bertz CT molecular complexity index is 595. The Morgan fingerprint density at radius 2 is 2.31 bits per heavy atom. The van der Waals surface area contributed by atoms with Crippen molar-refractivity contribution in [3.63, 3.8) is 0 Å². The van der Waals surface area contributed by atoms with Crippen molar-refractivity contribution in [3.8, 4) is 11.5 Å². The highest BCUT2D eigenvalue weighted by atomic mass is 32.1. The van der Waals surface area contributed by atoms with E-state index in [-0.39, 0.29) is 5.56 Å². The Labute approximate surface area is 97.2 Å². The summed E-state index contributed by atoms with van der Waals surface area (Å²) in [6.07, 6.45) is 0.956. The van der Waals surface area contributed by atoms with Crippen LogP contribution in [0, 0.1) is 4.77 Å². The van der Waals surface area contributed by atoms with Crippen LogP contribution in [0.4, 0.5) is 0 Å². The average Bonchev–Trinajstić information content (AvgIpc) is 2.61. The minimum atomic E-state index is -0.144. The maximum Gasteiger partial charge on any atom is 0.248 e. The van der Waals surface area contributed by atoms with Crippen LogP contribution in [0.3, 0.4) is 0 Å². The summed E-state index contributed by atoms with van der Waals surface area (Å²) in [4.78, 5) is 13.9. The predicted molar refractivity (Wildman–Crippen MR) is 63.8 cm³/mol. The van der Waals surface area contributed by atoms with E-state index in [9.17, 15) is 4.79 Å². The van der Waals surface area contributed by atoms with E-state index in [1.165, 1.54) is 6.07 Å². The quantitative estimate of drug-likeness (QED) is 0.797. The van der Waals surface area contributed by atoms with Gasteiger partial charge in [-0.25, -0.2) is 0 Å². The fourth-order valence-corrected chi connectivity index (χ4v) is 1.76. The van der Waals surface area contributed by atoms with Crippen molar-refractivity contribution in [1.82, 2.24) is 19.7 Å².